The van der Waals surface area contributed by atoms with E-state index in [1.54, 1.807) is 18.2 Å². The maximum atomic E-state index is 11.4. The number of carboxylic acids is 1. The van der Waals surface area contributed by atoms with Gasteiger partial charge in [-0.15, -0.1) is 0 Å². The minimum Gasteiger partial charge on any atom is -0.478 e. The molecular formula is C17H8N2O2. The second kappa shape index (κ2) is 4.63. The smallest absolute Gasteiger partial charge is 0.336 e. The maximum absolute atomic E-state index is 11.4. The predicted molar refractivity (Wildman–Crippen MR) is 77.1 cm³/mol. The molecule has 98 valence electrons. The summed E-state index contributed by atoms with van der Waals surface area (Å²) in [5.41, 5.74) is 3.35. The average molecular weight is 272 g/mol. The molecule has 0 saturated heterocycles. The molecule has 0 aliphatic heterocycles. The van der Waals surface area contributed by atoms with E-state index in [9.17, 15) is 15.2 Å². The van der Waals surface area contributed by atoms with Gasteiger partial charge in [0.1, 0.15) is 0 Å². The van der Waals surface area contributed by atoms with Gasteiger partial charge in [-0.05, 0) is 22.8 Å². The van der Waals surface area contributed by atoms with Crippen LogP contribution in [-0.2, 0) is 0 Å². The molecule has 21 heavy (non-hydrogen) atoms. The average Bonchev–Trinajstić information content (AvgIpc) is 2.84. The molecule has 0 saturated carbocycles. The number of carboxylic acid groups (broad SMARTS) is 1. The van der Waals surface area contributed by atoms with Crippen LogP contribution in [0.25, 0.3) is 21.5 Å². The Kier molecular flexibility index (Phi) is 2.79. The number of benzene rings is 2. The molecule has 0 atom stereocenters. The highest BCUT2D eigenvalue weighted by atomic mass is 16.4. The van der Waals surface area contributed by atoms with Gasteiger partial charge in [-0.3, -0.25) is 0 Å². The minimum atomic E-state index is -1.02. The van der Waals surface area contributed by atoms with E-state index in [2.05, 4.69) is 4.85 Å². The molecule has 0 heterocycles. The third-order valence-corrected chi connectivity index (χ3v) is 3.48. The lowest BCUT2D eigenvalue weighted by Gasteiger charge is -2.05. The Morgan fingerprint density at radius 2 is 1.76 bits per heavy atom. The van der Waals surface area contributed by atoms with Crippen molar-refractivity contribution in [3.63, 3.8) is 0 Å². The van der Waals surface area contributed by atoms with Gasteiger partial charge in [0, 0.05) is 11.1 Å². The van der Waals surface area contributed by atoms with Gasteiger partial charge in [-0.1, -0.05) is 36.4 Å². The quantitative estimate of drug-likeness (QED) is 0.544. The Morgan fingerprint density at radius 1 is 1.10 bits per heavy atom. The predicted octanol–water partition coefficient (Wildman–Crippen LogP) is 3.57. The molecule has 0 aromatic heterocycles. The summed E-state index contributed by atoms with van der Waals surface area (Å²) >= 11 is 0. The second-order valence-electron chi connectivity index (χ2n) is 4.53. The number of hydrogen-bond acceptors (Lipinski definition) is 2. The highest BCUT2D eigenvalue weighted by Gasteiger charge is 2.29. The van der Waals surface area contributed by atoms with Crippen molar-refractivity contribution in [1.29, 1.82) is 5.26 Å². The summed E-state index contributed by atoms with van der Waals surface area (Å²) in [4.78, 5) is 14.7. The number of rotatable bonds is 1. The van der Waals surface area contributed by atoms with Crippen LogP contribution in [0.15, 0.2) is 48.2 Å². The van der Waals surface area contributed by atoms with Gasteiger partial charge in [0.25, 0.3) is 5.70 Å². The van der Waals surface area contributed by atoms with Crippen molar-refractivity contribution >= 4 is 11.5 Å². The molecule has 0 spiro atoms. The lowest BCUT2D eigenvalue weighted by Crippen LogP contribution is -1.99. The number of nitrogens with zero attached hydrogens (tertiary/aromatic N) is 2. The number of hydrogen-bond donors (Lipinski definition) is 1. The van der Waals surface area contributed by atoms with Crippen LogP contribution in [0.4, 0.5) is 0 Å². The van der Waals surface area contributed by atoms with Crippen LogP contribution in [-0.4, -0.2) is 11.1 Å². The van der Waals surface area contributed by atoms with Crippen molar-refractivity contribution in [3.8, 4) is 17.2 Å². The molecule has 1 N–H and O–H groups in total. The lowest BCUT2D eigenvalue weighted by molar-refractivity contribution is 0.0697. The number of aromatic carboxylic acids is 1. The van der Waals surface area contributed by atoms with Crippen molar-refractivity contribution in [3.05, 3.63) is 76.3 Å². The third-order valence-electron chi connectivity index (χ3n) is 3.48. The first-order chi connectivity index (χ1) is 10.2. The fraction of sp³-hybridized carbons (Fsp3) is 0. The van der Waals surface area contributed by atoms with Gasteiger partial charge in [0.15, 0.2) is 0 Å². The first-order valence-corrected chi connectivity index (χ1v) is 6.17. The Balaban J connectivity index is 2.51. The normalized spacial score (nSPS) is 13.6. The summed E-state index contributed by atoms with van der Waals surface area (Å²) in [5.74, 6) is -1.02. The van der Waals surface area contributed by atoms with Crippen molar-refractivity contribution in [2.45, 2.75) is 0 Å². The fourth-order valence-electron chi connectivity index (χ4n) is 2.69. The van der Waals surface area contributed by atoms with Gasteiger partial charge in [-0.2, -0.15) is 0 Å². The molecule has 2 aromatic carbocycles. The largest absolute Gasteiger partial charge is 0.478 e. The fourth-order valence-corrected chi connectivity index (χ4v) is 2.69. The van der Waals surface area contributed by atoms with Gasteiger partial charge in [0.2, 0.25) is 0 Å². The van der Waals surface area contributed by atoms with Gasteiger partial charge >= 0.3 is 5.97 Å². The summed E-state index contributed by atoms with van der Waals surface area (Å²) in [6.07, 6.45) is 0. The van der Waals surface area contributed by atoms with E-state index in [4.69, 9.17) is 6.57 Å². The molecule has 4 nitrogen and oxygen atoms in total. The van der Waals surface area contributed by atoms with E-state index >= 15 is 0 Å². The number of nitriles is 1. The Bertz CT molecular complexity index is 880. The molecule has 1 aliphatic carbocycles. The van der Waals surface area contributed by atoms with E-state index in [0.717, 1.165) is 11.1 Å². The third kappa shape index (κ3) is 1.71. The zero-order chi connectivity index (χ0) is 15.0. The van der Waals surface area contributed by atoms with Gasteiger partial charge in [0.05, 0.1) is 18.2 Å². The molecule has 0 fully saturated rings. The summed E-state index contributed by atoms with van der Waals surface area (Å²) in [6.45, 7) is 7.17. The molecule has 0 bridgehead atoms. The zero-order valence-corrected chi connectivity index (χ0v) is 10.8. The van der Waals surface area contributed by atoms with Crippen molar-refractivity contribution in [2.75, 3.05) is 0 Å². The van der Waals surface area contributed by atoms with Crippen LogP contribution in [0, 0.1) is 17.9 Å². The standard InChI is InChI=1S/C17H8N2O2/c1-19-14(9-18)16-11-6-3-2-5-10(11)15-12(16)7-4-8-13(15)17(20)21/h2-8H,(H,20,21)/b16-14+. The van der Waals surface area contributed by atoms with Crippen LogP contribution in [0.1, 0.15) is 21.5 Å². The van der Waals surface area contributed by atoms with E-state index in [1.807, 2.05) is 24.3 Å². The van der Waals surface area contributed by atoms with Gasteiger partial charge in [-0.25, -0.2) is 14.9 Å². The first-order valence-electron chi connectivity index (χ1n) is 6.17. The molecule has 3 rings (SSSR count). The summed E-state index contributed by atoms with van der Waals surface area (Å²) < 4.78 is 0. The number of carbonyl (C=O) groups is 1. The molecule has 0 amide bonds. The number of fused-ring (bicyclic) bond motifs is 3. The van der Waals surface area contributed by atoms with E-state index < -0.39 is 5.97 Å². The molecule has 4 heteroatoms. The topological polar surface area (TPSA) is 65.5 Å². The van der Waals surface area contributed by atoms with Crippen LogP contribution in [0.2, 0.25) is 0 Å². The van der Waals surface area contributed by atoms with Crippen LogP contribution in [0.5, 0.6) is 0 Å². The second-order valence-corrected chi connectivity index (χ2v) is 4.53. The van der Waals surface area contributed by atoms with E-state index in [1.165, 1.54) is 6.07 Å². The summed E-state index contributed by atoms with van der Waals surface area (Å²) in [5, 5.41) is 18.6. The van der Waals surface area contributed by atoms with E-state index in [-0.39, 0.29) is 11.3 Å². The first kappa shape index (κ1) is 12.7. The Hall–Kier alpha value is -3.37. The minimum absolute atomic E-state index is 0.0243. The van der Waals surface area contributed by atoms with E-state index in [0.29, 0.717) is 16.7 Å². The van der Waals surface area contributed by atoms with Crippen molar-refractivity contribution in [1.82, 2.24) is 0 Å². The Morgan fingerprint density at radius 3 is 2.38 bits per heavy atom. The monoisotopic (exact) mass is 272 g/mol. The highest BCUT2D eigenvalue weighted by molar-refractivity contribution is 6.09. The van der Waals surface area contributed by atoms with Crippen LogP contribution >= 0.6 is 0 Å². The molecule has 2 aromatic rings. The highest BCUT2D eigenvalue weighted by Crippen LogP contribution is 2.47. The Labute approximate surface area is 121 Å². The zero-order valence-electron chi connectivity index (χ0n) is 10.8. The van der Waals surface area contributed by atoms with Crippen LogP contribution in [0.3, 0.4) is 0 Å². The molecule has 0 unspecified atom stereocenters. The molecule has 0 radical (unpaired) electrons. The SMILES string of the molecule is [C-]#[N+]/C(C#N)=C1\c2ccccc2-c2c(C(=O)O)cccc21. The summed E-state index contributed by atoms with van der Waals surface area (Å²) in [6, 6.07) is 14.1. The maximum Gasteiger partial charge on any atom is 0.336 e. The molecule has 1 aliphatic rings. The summed E-state index contributed by atoms with van der Waals surface area (Å²) in [7, 11) is 0. The van der Waals surface area contributed by atoms with Crippen molar-refractivity contribution in [2.24, 2.45) is 0 Å². The van der Waals surface area contributed by atoms with Gasteiger partial charge < -0.3 is 5.11 Å². The van der Waals surface area contributed by atoms with Crippen molar-refractivity contribution < 1.29 is 9.90 Å². The van der Waals surface area contributed by atoms with Crippen LogP contribution < -0.4 is 0 Å². The lowest BCUT2D eigenvalue weighted by atomic mass is 9.99. The number of allylic oxidation sites excluding steroid dienone is 1. The molecular weight excluding hydrogens is 264 g/mol.